The zero-order valence-electron chi connectivity index (χ0n) is 11.4. The Morgan fingerprint density at radius 2 is 1.77 bits per heavy atom. The van der Waals surface area contributed by atoms with Crippen LogP contribution in [0.4, 0.5) is 11.4 Å². The molecule has 0 N–H and O–H groups in total. The van der Waals surface area contributed by atoms with Gasteiger partial charge >= 0.3 is 11.4 Å². The van der Waals surface area contributed by atoms with E-state index in [1.54, 1.807) is 0 Å². The number of para-hydroxylation sites is 1. The Balaban J connectivity index is 2.42. The van der Waals surface area contributed by atoms with Crippen molar-refractivity contribution in [1.29, 1.82) is 0 Å². The molecule has 2 rings (SSSR count). The lowest BCUT2D eigenvalue weighted by molar-refractivity contribution is -0.824. The zero-order valence-corrected chi connectivity index (χ0v) is 11.4. The van der Waals surface area contributed by atoms with E-state index in [0.717, 1.165) is 6.07 Å². The molecule has 0 spiro atoms. The van der Waals surface area contributed by atoms with Gasteiger partial charge in [-0.2, -0.15) is 0 Å². The summed E-state index contributed by atoms with van der Waals surface area (Å²) in [6.07, 6.45) is -0.687. The molecule has 22 heavy (non-hydrogen) atoms. The first-order valence-electron chi connectivity index (χ1n) is 6.17. The molecule has 0 amide bonds. The summed E-state index contributed by atoms with van der Waals surface area (Å²) < 4.78 is 9.98. The van der Waals surface area contributed by atoms with E-state index in [0.29, 0.717) is 0 Å². The number of nitrogens with zero attached hydrogens (tertiary/aromatic N) is 4. The molecule has 11 heteroatoms. The van der Waals surface area contributed by atoms with E-state index in [2.05, 4.69) is 5.11 Å². The molecule has 1 aromatic carbocycles. The van der Waals surface area contributed by atoms with Gasteiger partial charge < -0.3 is 14.7 Å². The summed E-state index contributed by atoms with van der Waals surface area (Å²) in [6, 6.07) is 5.17. The number of benzene rings is 1. The maximum Gasteiger partial charge on any atom is 0.484 e. The van der Waals surface area contributed by atoms with Crippen LogP contribution in [0, 0.1) is 25.4 Å². The van der Waals surface area contributed by atoms with E-state index < -0.39 is 40.7 Å². The van der Waals surface area contributed by atoms with Gasteiger partial charge in [-0.1, -0.05) is 12.1 Å². The maximum atomic E-state index is 12.1. The van der Waals surface area contributed by atoms with Crippen molar-refractivity contribution in [2.24, 2.45) is 5.11 Å². The summed E-state index contributed by atoms with van der Waals surface area (Å²) in [5.41, 5.74) is -3.01. The fourth-order valence-electron chi connectivity index (χ4n) is 1.77. The number of ether oxygens (including phenoxy) is 2. The molecule has 1 aromatic rings. The number of nitro groups is 2. The van der Waals surface area contributed by atoms with Crippen molar-refractivity contribution >= 4 is 11.4 Å². The topological polar surface area (TPSA) is 143 Å². The van der Waals surface area contributed by atoms with Crippen molar-refractivity contribution in [3.05, 3.63) is 49.7 Å². The Bertz CT molecular complexity index is 625. The van der Waals surface area contributed by atoms with E-state index >= 15 is 0 Å². The molecule has 0 saturated carbocycles. The van der Waals surface area contributed by atoms with E-state index in [1.807, 2.05) is 0 Å². The number of azo groups is 1. The number of hydrogen-bond donors (Lipinski definition) is 0. The second kappa shape index (κ2) is 5.99. The van der Waals surface area contributed by atoms with Crippen LogP contribution in [0.15, 0.2) is 29.4 Å². The first-order valence-corrected chi connectivity index (χ1v) is 6.17. The average molecular weight is 312 g/mol. The monoisotopic (exact) mass is 312 g/mol. The van der Waals surface area contributed by atoms with Crippen LogP contribution in [0.2, 0.25) is 0 Å². The molecule has 0 aromatic heterocycles. The predicted molar refractivity (Wildman–Crippen MR) is 69.9 cm³/mol. The van der Waals surface area contributed by atoms with Crippen molar-refractivity contribution in [3.63, 3.8) is 0 Å². The minimum atomic E-state index is -2.28. The van der Waals surface area contributed by atoms with Crippen molar-refractivity contribution in [3.8, 4) is 0 Å². The lowest BCUT2D eigenvalue weighted by Gasteiger charge is -2.28. The normalized spacial score (nSPS) is 25.7. The van der Waals surface area contributed by atoms with Gasteiger partial charge in [0.1, 0.15) is 4.92 Å². The third-order valence-electron chi connectivity index (χ3n) is 3.07. The molecule has 1 heterocycles. The largest absolute Gasteiger partial charge is 0.594 e. The van der Waals surface area contributed by atoms with Crippen LogP contribution in [-0.2, 0) is 9.47 Å². The molecule has 0 aliphatic carbocycles. The van der Waals surface area contributed by atoms with E-state index in [-0.39, 0.29) is 10.5 Å². The Morgan fingerprint density at radius 3 is 2.32 bits per heavy atom. The zero-order chi connectivity index (χ0) is 16.3. The minimum absolute atomic E-state index is 0.207. The van der Waals surface area contributed by atoms with Crippen LogP contribution in [0.25, 0.3) is 0 Å². The molecular formula is C11H12N4O7. The number of nitro benzene ring substituents is 1. The standard InChI is InChI=1S/C11H12N4O7/c1-8-21-6-11(7-22-8,15(19)20)14(18)12-9-4-2-3-5-10(9)13(16)17/h2-5,8H,6-7H2,1H3. The van der Waals surface area contributed by atoms with Crippen LogP contribution in [0.1, 0.15) is 6.92 Å². The first-order chi connectivity index (χ1) is 10.4. The van der Waals surface area contributed by atoms with Gasteiger partial charge in [-0.15, -0.1) is 0 Å². The van der Waals surface area contributed by atoms with Gasteiger partial charge in [0.15, 0.2) is 19.5 Å². The van der Waals surface area contributed by atoms with Gasteiger partial charge in [-0.25, -0.2) is 0 Å². The first kappa shape index (κ1) is 15.7. The molecule has 1 aliphatic rings. The molecule has 1 aliphatic heterocycles. The fourth-order valence-corrected chi connectivity index (χ4v) is 1.77. The lowest BCUT2D eigenvalue weighted by atomic mass is 10.2. The van der Waals surface area contributed by atoms with Crippen molar-refractivity contribution < 1.29 is 24.2 Å². The summed E-state index contributed by atoms with van der Waals surface area (Å²) in [4.78, 5) is 20.3. The second-order valence-electron chi connectivity index (χ2n) is 4.55. The second-order valence-corrected chi connectivity index (χ2v) is 4.55. The average Bonchev–Trinajstić information content (AvgIpc) is 2.48. The lowest BCUT2D eigenvalue weighted by Crippen LogP contribution is -2.58. The molecule has 11 nitrogen and oxygen atoms in total. The molecule has 0 radical (unpaired) electrons. The molecule has 0 unspecified atom stereocenters. The van der Waals surface area contributed by atoms with Gasteiger partial charge in [-0.3, -0.25) is 20.2 Å². The molecular weight excluding hydrogens is 300 g/mol. The van der Waals surface area contributed by atoms with Gasteiger partial charge in [0.25, 0.3) is 0 Å². The van der Waals surface area contributed by atoms with Crippen molar-refractivity contribution in [2.45, 2.75) is 18.9 Å². The van der Waals surface area contributed by atoms with Crippen LogP contribution >= 0.6 is 0 Å². The van der Waals surface area contributed by atoms with Crippen LogP contribution < -0.4 is 0 Å². The number of rotatable bonds is 4. The summed E-state index contributed by atoms with van der Waals surface area (Å²) in [5, 5.41) is 37.7. The summed E-state index contributed by atoms with van der Waals surface area (Å²) in [6.45, 7) is 0.432. The SMILES string of the molecule is CC1OCC([N+](=O)[O-])([N+]([O-])=Nc2ccccc2[N+](=O)[O-])CO1. The quantitative estimate of drug-likeness (QED) is 0.270. The van der Waals surface area contributed by atoms with Gasteiger partial charge in [-0.05, 0) is 17.9 Å². The van der Waals surface area contributed by atoms with Gasteiger partial charge in [0.2, 0.25) is 5.69 Å². The highest BCUT2D eigenvalue weighted by Gasteiger charge is 2.58. The highest BCUT2D eigenvalue weighted by Crippen LogP contribution is 2.29. The highest BCUT2D eigenvalue weighted by atomic mass is 16.7. The fraction of sp³-hybridized carbons (Fsp3) is 0.455. The van der Waals surface area contributed by atoms with Gasteiger partial charge in [0.05, 0.1) is 4.92 Å². The third-order valence-corrected chi connectivity index (χ3v) is 3.07. The minimum Gasteiger partial charge on any atom is -0.594 e. The smallest absolute Gasteiger partial charge is 0.484 e. The van der Waals surface area contributed by atoms with E-state index in [9.17, 15) is 25.4 Å². The van der Waals surface area contributed by atoms with Gasteiger partial charge in [0, 0.05) is 11.2 Å². The highest BCUT2D eigenvalue weighted by molar-refractivity contribution is 5.55. The maximum absolute atomic E-state index is 12.1. The summed E-state index contributed by atoms with van der Waals surface area (Å²) in [5.74, 6) is 0. The predicted octanol–water partition coefficient (Wildman–Crippen LogP) is 1.55. The van der Waals surface area contributed by atoms with E-state index in [4.69, 9.17) is 9.47 Å². The Labute approximate surface area is 123 Å². The van der Waals surface area contributed by atoms with Crippen molar-refractivity contribution in [1.82, 2.24) is 0 Å². The summed E-state index contributed by atoms with van der Waals surface area (Å²) in [7, 11) is 0. The van der Waals surface area contributed by atoms with Crippen molar-refractivity contribution in [2.75, 3.05) is 13.2 Å². The number of hydrogen-bond acceptors (Lipinski definition) is 8. The third kappa shape index (κ3) is 2.84. The molecule has 1 fully saturated rings. The molecule has 0 bridgehead atoms. The Hall–Kier alpha value is -2.66. The van der Waals surface area contributed by atoms with Crippen LogP contribution in [0.5, 0.6) is 0 Å². The molecule has 1 saturated heterocycles. The summed E-state index contributed by atoms with van der Waals surface area (Å²) >= 11 is 0. The van der Waals surface area contributed by atoms with E-state index in [1.165, 1.54) is 25.1 Å². The van der Waals surface area contributed by atoms with Crippen LogP contribution in [-0.4, -0.2) is 39.9 Å². The van der Waals surface area contributed by atoms with Crippen LogP contribution in [0.3, 0.4) is 0 Å². The Kier molecular flexibility index (Phi) is 4.28. The Morgan fingerprint density at radius 1 is 1.18 bits per heavy atom. The number of hydroxylamine groups is 1. The molecule has 118 valence electrons. The molecule has 0 atom stereocenters.